The van der Waals surface area contributed by atoms with E-state index < -0.39 is 11.5 Å². The van der Waals surface area contributed by atoms with Gasteiger partial charge in [0.1, 0.15) is 0 Å². The fraction of sp³-hybridized carbons (Fsp3) is 0.250. The zero-order valence-electron chi connectivity index (χ0n) is 15.5. The van der Waals surface area contributed by atoms with Crippen LogP contribution in [-0.4, -0.2) is 43.7 Å². The van der Waals surface area contributed by atoms with Gasteiger partial charge < -0.3 is 4.90 Å². The van der Waals surface area contributed by atoms with Crippen molar-refractivity contribution in [3.63, 3.8) is 0 Å². The molecular weight excluding hydrogens is 436 g/mol. The third-order valence-corrected chi connectivity index (χ3v) is 5.63. The van der Waals surface area contributed by atoms with Crippen molar-refractivity contribution in [1.82, 2.24) is 25.0 Å². The molecule has 1 N–H and O–H groups in total. The number of aromatic nitrogens is 4. The second-order valence-corrected chi connectivity index (χ2v) is 7.59. The number of rotatable bonds is 4. The molecule has 0 spiro atoms. The molecule has 1 saturated heterocycles. The Labute approximate surface area is 175 Å². The molecule has 1 unspecified atom stereocenters. The minimum absolute atomic E-state index is 0.113. The quantitative estimate of drug-likeness (QED) is 0.612. The topological polar surface area (TPSA) is 96.2 Å². The Balaban J connectivity index is 1.59. The summed E-state index contributed by atoms with van der Waals surface area (Å²) in [6, 6.07) is 11.2. The summed E-state index contributed by atoms with van der Waals surface area (Å²) in [5.74, 6) is -0.394. The summed E-state index contributed by atoms with van der Waals surface area (Å²) < 4.78 is 0.847. The number of carbonyl (C=O) groups excluding carboxylic acids is 1. The van der Waals surface area contributed by atoms with E-state index in [1.165, 1.54) is 6.21 Å². The van der Waals surface area contributed by atoms with Crippen molar-refractivity contribution in [1.29, 1.82) is 0 Å². The van der Waals surface area contributed by atoms with Crippen LogP contribution in [0.25, 0.3) is 0 Å². The lowest BCUT2D eigenvalue weighted by atomic mass is 9.96. The van der Waals surface area contributed by atoms with Crippen LogP contribution in [0.15, 0.2) is 63.2 Å². The Morgan fingerprint density at radius 1 is 1.24 bits per heavy atom. The van der Waals surface area contributed by atoms with Crippen molar-refractivity contribution in [3.05, 3.63) is 80.4 Å². The Morgan fingerprint density at radius 3 is 2.90 bits per heavy atom. The molecule has 1 atom stereocenters. The molecule has 2 aromatic heterocycles. The number of hydrogen-bond donors (Lipinski definition) is 1. The van der Waals surface area contributed by atoms with E-state index in [0.29, 0.717) is 6.54 Å². The zero-order valence-corrected chi connectivity index (χ0v) is 17.1. The van der Waals surface area contributed by atoms with Gasteiger partial charge in [0.05, 0.1) is 12.3 Å². The molecule has 3 heterocycles. The smallest absolute Gasteiger partial charge is 0.320 e. The SMILES string of the molecule is O=C(c1n[nH]n(N=Cc2ccccc2Br)c1=O)N1CCCCC1c1cccnc1. The number of carbonyl (C=O) groups is 1. The zero-order chi connectivity index (χ0) is 20.2. The van der Waals surface area contributed by atoms with Crippen LogP contribution in [0.3, 0.4) is 0 Å². The van der Waals surface area contributed by atoms with Gasteiger partial charge in [-0.2, -0.15) is 10.3 Å². The number of nitrogens with one attached hydrogen (secondary N) is 1. The van der Waals surface area contributed by atoms with Gasteiger partial charge in [-0.1, -0.05) is 40.2 Å². The van der Waals surface area contributed by atoms with Crippen LogP contribution in [0.1, 0.15) is 46.9 Å². The number of likely N-dealkylation sites (tertiary alicyclic amines) is 1. The Hall–Kier alpha value is -3.07. The van der Waals surface area contributed by atoms with Crippen molar-refractivity contribution >= 4 is 28.1 Å². The van der Waals surface area contributed by atoms with E-state index in [2.05, 4.69) is 36.3 Å². The molecular formula is C20H19BrN6O2. The van der Waals surface area contributed by atoms with E-state index in [0.717, 1.165) is 39.7 Å². The number of amides is 1. The summed E-state index contributed by atoms with van der Waals surface area (Å²) in [7, 11) is 0. The van der Waals surface area contributed by atoms with E-state index >= 15 is 0 Å². The van der Waals surface area contributed by atoms with E-state index in [1.807, 2.05) is 36.4 Å². The van der Waals surface area contributed by atoms with Gasteiger partial charge >= 0.3 is 5.56 Å². The van der Waals surface area contributed by atoms with Gasteiger partial charge in [0.2, 0.25) is 5.69 Å². The number of benzene rings is 1. The first-order valence-corrected chi connectivity index (χ1v) is 10.1. The highest BCUT2D eigenvalue weighted by Crippen LogP contribution is 2.31. The summed E-state index contributed by atoms with van der Waals surface area (Å²) in [5.41, 5.74) is 1.02. The largest absolute Gasteiger partial charge is 0.330 e. The molecule has 0 bridgehead atoms. The first-order valence-electron chi connectivity index (χ1n) is 9.32. The van der Waals surface area contributed by atoms with Gasteiger partial charge in [-0.3, -0.25) is 14.6 Å². The van der Waals surface area contributed by atoms with Crippen LogP contribution in [-0.2, 0) is 0 Å². The molecule has 29 heavy (non-hydrogen) atoms. The maximum absolute atomic E-state index is 13.1. The van der Waals surface area contributed by atoms with Gasteiger partial charge in [-0.15, -0.1) is 9.89 Å². The Kier molecular flexibility index (Phi) is 5.66. The molecule has 1 fully saturated rings. The molecule has 1 amide bonds. The number of piperidine rings is 1. The summed E-state index contributed by atoms with van der Waals surface area (Å²) in [5, 5.41) is 10.6. The lowest BCUT2D eigenvalue weighted by Gasteiger charge is -2.35. The highest BCUT2D eigenvalue weighted by atomic mass is 79.9. The fourth-order valence-corrected chi connectivity index (χ4v) is 3.83. The van der Waals surface area contributed by atoms with Crippen LogP contribution < -0.4 is 5.56 Å². The maximum atomic E-state index is 13.1. The molecule has 8 nitrogen and oxygen atoms in total. The van der Waals surface area contributed by atoms with E-state index in [9.17, 15) is 9.59 Å². The van der Waals surface area contributed by atoms with Crippen LogP contribution in [0.2, 0.25) is 0 Å². The molecule has 0 aliphatic carbocycles. The molecule has 0 radical (unpaired) electrons. The summed E-state index contributed by atoms with van der Waals surface area (Å²) >= 11 is 3.43. The lowest BCUT2D eigenvalue weighted by Crippen LogP contribution is -2.40. The van der Waals surface area contributed by atoms with E-state index in [4.69, 9.17) is 0 Å². The van der Waals surface area contributed by atoms with Crippen molar-refractivity contribution in [2.45, 2.75) is 25.3 Å². The van der Waals surface area contributed by atoms with E-state index in [-0.39, 0.29) is 11.7 Å². The number of H-pyrrole nitrogens is 1. The second kappa shape index (κ2) is 8.52. The molecule has 148 valence electrons. The molecule has 1 aliphatic rings. The molecule has 9 heteroatoms. The van der Waals surface area contributed by atoms with Crippen molar-refractivity contribution in [2.75, 3.05) is 6.54 Å². The Morgan fingerprint density at radius 2 is 2.10 bits per heavy atom. The lowest BCUT2D eigenvalue weighted by molar-refractivity contribution is 0.0603. The van der Waals surface area contributed by atoms with Gasteiger partial charge in [0.15, 0.2) is 0 Å². The van der Waals surface area contributed by atoms with E-state index in [1.54, 1.807) is 17.3 Å². The highest BCUT2D eigenvalue weighted by molar-refractivity contribution is 9.10. The number of pyridine rings is 1. The summed E-state index contributed by atoms with van der Waals surface area (Å²) in [6.07, 6.45) is 7.73. The first kappa shape index (κ1) is 19.3. The van der Waals surface area contributed by atoms with Gasteiger partial charge in [-0.05, 0) is 37.0 Å². The van der Waals surface area contributed by atoms with Crippen LogP contribution in [0.4, 0.5) is 0 Å². The van der Waals surface area contributed by atoms with Gasteiger partial charge in [0, 0.05) is 29.0 Å². The molecule has 1 aliphatic heterocycles. The maximum Gasteiger partial charge on any atom is 0.320 e. The normalized spacial score (nSPS) is 17.0. The van der Waals surface area contributed by atoms with Crippen LogP contribution in [0.5, 0.6) is 0 Å². The number of aromatic amines is 1. The van der Waals surface area contributed by atoms with Crippen molar-refractivity contribution in [3.8, 4) is 0 Å². The predicted molar refractivity (Wildman–Crippen MR) is 112 cm³/mol. The minimum atomic E-state index is -0.575. The molecule has 3 aromatic rings. The van der Waals surface area contributed by atoms with Crippen molar-refractivity contribution < 1.29 is 4.79 Å². The highest BCUT2D eigenvalue weighted by Gasteiger charge is 2.32. The van der Waals surface area contributed by atoms with Crippen LogP contribution >= 0.6 is 15.9 Å². The number of hydrogen-bond acceptors (Lipinski definition) is 5. The average Bonchev–Trinajstić information content (AvgIpc) is 3.13. The monoisotopic (exact) mass is 454 g/mol. The Bertz CT molecular complexity index is 1090. The van der Waals surface area contributed by atoms with Crippen LogP contribution in [0, 0.1) is 0 Å². The summed E-state index contributed by atoms with van der Waals surface area (Å²) in [6.45, 7) is 0.574. The average molecular weight is 455 g/mol. The molecule has 0 saturated carbocycles. The minimum Gasteiger partial charge on any atom is -0.330 e. The third kappa shape index (κ3) is 4.04. The first-order chi connectivity index (χ1) is 14.1. The fourth-order valence-electron chi connectivity index (χ4n) is 3.44. The van der Waals surface area contributed by atoms with Gasteiger partial charge in [0.25, 0.3) is 5.91 Å². The molecule has 1 aromatic carbocycles. The third-order valence-electron chi connectivity index (χ3n) is 4.90. The predicted octanol–water partition coefficient (Wildman–Crippen LogP) is 2.98. The second-order valence-electron chi connectivity index (χ2n) is 6.74. The van der Waals surface area contributed by atoms with Gasteiger partial charge in [-0.25, -0.2) is 0 Å². The standard InChI is InChI=1S/C20H19BrN6O2/c21-16-8-2-1-6-14(16)13-23-27-20(29)18(24-25-27)19(28)26-11-4-3-9-17(26)15-7-5-10-22-12-15/h1-2,5-8,10,12-13,17,25H,3-4,9,11H2. The van der Waals surface area contributed by atoms with Crippen molar-refractivity contribution in [2.24, 2.45) is 5.10 Å². The summed E-state index contributed by atoms with van der Waals surface area (Å²) in [4.78, 5) is 32.6. The number of halogens is 1. The number of nitrogens with zero attached hydrogens (tertiary/aromatic N) is 5. The molecule has 4 rings (SSSR count).